The average Bonchev–Trinajstić information content (AvgIpc) is 2.12. The highest BCUT2D eigenvalue weighted by Gasteiger charge is 2.13. The van der Waals surface area contributed by atoms with Crippen LogP contribution in [0.25, 0.3) is 0 Å². The number of anilines is 1. The first-order valence-electron chi connectivity index (χ1n) is 4.95. The molecule has 0 radical (unpaired) electrons. The highest BCUT2D eigenvalue weighted by molar-refractivity contribution is 5.98. The van der Waals surface area contributed by atoms with Crippen molar-refractivity contribution in [1.82, 2.24) is 0 Å². The van der Waals surface area contributed by atoms with Crippen LogP contribution in [0.4, 0.5) is 5.69 Å². The Balaban J connectivity index is 3.21. The highest BCUT2D eigenvalue weighted by atomic mass is 16.4. The van der Waals surface area contributed by atoms with Crippen molar-refractivity contribution in [2.75, 3.05) is 11.9 Å². The fraction of sp³-hybridized carbons (Fsp3) is 0.455. The van der Waals surface area contributed by atoms with Crippen molar-refractivity contribution < 1.29 is 9.21 Å². The van der Waals surface area contributed by atoms with Crippen molar-refractivity contribution in [3.05, 3.63) is 27.8 Å². The van der Waals surface area contributed by atoms with E-state index in [1.807, 2.05) is 6.92 Å². The lowest BCUT2D eigenvalue weighted by atomic mass is 10.1. The molecule has 0 aliphatic carbocycles. The van der Waals surface area contributed by atoms with Crippen LogP contribution in [0.1, 0.15) is 36.4 Å². The molecule has 0 aromatic carbocycles. The molecule has 4 heteroatoms. The van der Waals surface area contributed by atoms with Gasteiger partial charge in [-0.2, -0.15) is 0 Å². The maximum atomic E-state index is 11.4. The first-order valence-corrected chi connectivity index (χ1v) is 4.95. The maximum Gasteiger partial charge on any atom is 0.348 e. The zero-order valence-electron chi connectivity index (χ0n) is 9.22. The maximum absolute atomic E-state index is 11.4. The Bertz CT molecular complexity index is 420. The lowest BCUT2D eigenvalue weighted by Crippen LogP contribution is -2.16. The van der Waals surface area contributed by atoms with Crippen LogP contribution in [-0.2, 0) is 0 Å². The molecule has 0 aliphatic heterocycles. The van der Waals surface area contributed by atoms with Gasteiger partial charge in [0, 0.05) is 12.6 Å². The van der Waals surface area contributed by atoms with E-state index in [9.17, 15) is 9.59 Å². The third-order valence-electron chi connectivity index (χ3n) is 1.99. The molecule has 1 N–H and O–H groups in total. The van der Waals surface area contributed by atoms with E-state index in [4.69, 9.17) is 4.42 Å². The molecule has 0 aliphatic rings. The fourth-order valence-corrected chi connectivity index (χ4v) is 1.34. The topological polar surface area (TPSA) is 59.3 Å². The normalized spacial score (nSPS) is 10.1. The smallest absolute Gasteiger partial charge is 0.348 e. The first kappa shape index (κ1) is 11.5. The summed E-state index contributed by atoms with van der Waals surface area (Å²) in [6.07, 6.45) is 0.927. The molecule has 0 unspecified atom stereocenters. The van der Waals surface area contributed by atoms with Gasteiger partial charge in [0.25, 0.3) is 0 Å². The Morgan fingerprint density at radius 1 is 1.53 bits per heavy atom. The van der Waals surface area contributed by atoms with Crippen LogP contribution in [0.5, 0.6) is 0 Å². The average molecular weight is 209 g/mol. The van der Waals surface area contributed by atoms with Crippen molar-refractivity contribution in [2.45, 2.75) is 27.2 Å². The largest absolute Gasteiger partial charge is 0.428 e. The van der Waals surface area contributed by atoms with Crippen LogP contribution in [-0.4, -0.2) is 12.3 Å². The van der Waals surface area contributed by atoms with Gasteiger partial charge in [-0.25, -0.2) is 4.79 Å². The number of rotatable bonds is 4. The predicted octanol–water partition coefficient (Wildman–Crippen LogP) is 1.97. The summed E-state index contributed by atoms with van der Waals surface area (Å²) in [5, 5.41) is 3.05. The van der Waals surface area contributed by atoms with Crippen molar-refractivity contribution in [3.63, 3.8) is 0 Å². The minimum absolute atomic E-state index is 0.106. The van der Waals surface area contributed by atoms with E-state index >= 15 is 0 Å². The molecule has 0 fully saturated rings. The fourth-order valence-electron chi connectivity index (χ4n) is 1.34. The first-order chi connectivity index (χ1) is 7.06. The summed E-state index contributed by atoms with van der Waals surface area (Å²) in [7, 11) is 0. The number of Topliss-reactive ketones (excluding diaryl/α,β-unsaturated/α-hetero) is 1. The van der Waals surface area contributed by atoms with Crippen molar-refractivity contribution >= 4 is 11.5 Å². The van der Waals surface area contributed by atoms with Crippen molar-refractivity contribution in [1.29, 1.82) is 0 Å². The van der Waals surface area contributed by atoms with Gasteiger partial charge in [0.2, 0.25) is 0 Å². The second kappa shape index (κ2) is 4.77. The Morgan fingerprint density at radius 2 is 2.20 bits per heavy atom. The number of carbonyl (C=O) groups is 1. The number of aryl methyl sites for hydroxylation is 1. The minimum Gasteiger partial charge on any atom is -0.428 e. The van der Waals surface area contributed by atoms with Crippen molar-refractivity contribution in [2.24, 2.45) is 0 Å². The zero-order chi connectivity index (χ0) is 11.4. The molecule has 0 bridgehead atoms. The van der Waals surface area contributed by atoms with Gasteiger partial charge in [0.05, 0.1) is 5.69 Å². The van der Waals surface area contributed by atoms with Crippen LogP contribution < -0.4 is 10.9 Å². The summed E-state index contributed by atoms with van der Waals surface area (Å²) in [6, 6.07) is 1.67. The quantitative estimate of drug-likeness (QED) is 0.770. The van der Waals surface area contributed by atoms with Crippen LogP contribution in [0.3, 0.4) is 0 Å². The molecular formula is C11H15NO3. The molecular weight excluding hydrogens is 194 g/mol. The van der Waals surface area contributed by atoms with Gasteiger partial charge < -0.3 is 9.73 Å². The second-order valence-electron chi connectivity index (χ2n) is 3.42. The van der Waals surface area contributed by atoms with E-state index in [1.165, 1.54) is 6.92 Å². The molecule has 82 valence electrons. The van der Waals surface area contributed by atoms with E-state index in [1.54, 1.807) is 13.0 Å². The Labute approximate surface area is 88.3 Å². The number of ketones is 1. The SMILES string of the molecule is CCCNc1cc(C)oc(=O)c1C(C)=O. The van der Waals surface area contributed by atoms with Crippen molar-refractivity contribution in [3.8, 4) is 0 Å². The van der Waals surface area contributed by atoms with E-state index < -0.39 is 5.63 Å². The summed E-state index contributed by atoms with van der Waals surface area (Å²) in [6.45, 7) is 5.78. The van der Waals surface area contributed by atoms with Crippen LogP contribution in [0.2, 0.25) is 0 Å². The van der Waals surface area contributed by atoms with E-state index in [0.29, 0.717) is 11.4 Å². The number of hydrogen-bond acceptors (Lipinski definition) is 4. The molecule has 1 heterocycles. The van der Waals surface area contributed by atoms with Gasteiger partial charge in [0.15, 0.2) is 5.78 Å². The summed E-state index contributed by atoms with van der Waals surface area (Å²) in [4.78, 5) is 22.7. The third kappa shape index (κ3) is 2.68. The molecule has 1 aromatic rings. The van der Waals surface area contributed by atoms with Gasteiger partial charge >= 0.3 is 5.63 Å². The number of carbonyl (C=O) groups excluding carboxylic acids is 1. The number of hydrogen-bond donors (Lipinski definition) is 1. The van der Waals surface area contributed by atoms with E-state index in [-0.39, 0.29) is 11.3 Å². The monoisotopic (exact) mass is 209 g/mol. The predicted molar refractivity (Wildman–Crippen MR) is 58.5 cm³/mol. The van der Waals surface area contributed by atoms with Gasteiger partial charge in [-0.1, -0.05) is 6.92 Å². The lowest BCUT2D eigenvalue weighted by Gasteiger charge is -2.08. The summed E-state index contributed by atoms with van der Waals surface area (Å²) in [5.41, 5.74) is 0.105. The Hall–Kier alpha value is -1.58. The van der Waals surface area contributed by atoms with E-state index in [0.717, 1.165) is 13.0 Å². The summed E-state index contributed by atoms with van der Waals surface area (Å²) >= 11 is 0. The molecule has 0 atom stereocenters. The molecule has 0 spiro atoms. The number of nitrogens with one attached hydrogen (secondary N) is 1. The minimum atomic E-state index is -0.568. The Morgan fingerprint density at radius 3 is 2.73 bits per heavy atom. The highest BCUT2D eigenvalue weighted by Crippen LogP contribution is 2.14. The molecule has 0 saturated heterocycles. The van der Waals surface area contributed by atoms with Gasteiger partial charge in [-0.05, 0) is 20.3 Å². The molecule has 15 heavy (non-hydrogen) atoms. The summed E-state index contributed by atoms with van der Waals surface area (Å²) in [5.74, 6) is 0.228. The molecule has 1 aromatic heterocycles. The van der Waals surface area contributed by atoms with Gasteiger partial charge in [-0.15, -0.1) is 0 Å². The lowest BCUT2D eigenvalue weighted by molar-refractivity contribution is 0.101. The summed E-state index contributed by atoms with van der Waals surface area (Å²) < 4.78 is 4.87. The molecule has 0 amide bonds. The molecule has 1 rings (SSSR count). The zero-order valence-corrected chi connectivity index (χ0v) is 9.22. The second-order valence-corrected chi connectivity index (χ2v) is 3.42. The van der Waals surface area contributed by atoms with E-state index in [2.05, 4.69) is 5.32 Å². The standard InChI is InChI=1S/C11H15NO3/c1-4-5-12-9-6-7(2)15-11(14)10(9)8(3)13/h6,12H,4-5H2,1-3H3. The van der Waals surface area contributed by atoms with Crippen LogP contribution in [0.15, 0.2) is 15.3 Å². The molecule has 0 saturated carbocycles. The third-order valence-corrected chi connectivity index (χ3v) is 1.99. The van der Waals surface area contributed by atoms with Gasteiger partial charge in [0.1, 0.15) is 11.3 Å². The Kier molecular flexibility index (Phi) is 3.66. The van der Waals surface area contributed by atoms with Gasteiger partial charge in [-0.3, -0.25) is 4.79 Å². The van der Waals surface area contributed by atoms with Crippen LogP contribution >= 0.6 is 0 Å². The van der Waals surface area contributed by atoms with Crippen LogP contribution in [0, 0.1) is 6.92 Å². The molecule has 4 nitrogen and oxygen atoms in total.